The summed E-state index contributed by atoms with van der Waals surface area (Å²) in [7, 11) is 1.67. The average Bonchev–Trinajstić information content (AvgIpc) is 2.57. The number of nitrogens with one attached hydrogen (secondary N) is 2. The van der Waals surface area contributed by atoms with E-state index >= 15 is 0 Å². The predicted octanol–water partition coefficient (Wildman–Crippen LogP) is 4.67. The molecular weight excluding hydrogens is 312 g/mol. The van der Waals surface area contributed by atoms with E-state index in [0.717, 1.165) is 40.4 Å². The van der Waals surface area contributed by atoms with Crippen LogP contribution in [-0.4, -0.2) is 17.9 Å². The summed E-state index contributed by atoms with van der Waals surface area (Å²) < 4.78 is 5.51. The molecule has 1 aromatic heterocycles. The molecule has 120 valence electrons. The van der Waals surface area contributed by atoms with Crippen LogP contribution in [0.3, 0.4) is 0 Å². The Hall–Kier alpha value is -2.11. The third-order valence-corrected chi connectivity index (χ3v) is 4.10. The molecule has 5 nitrogen and oxygen atoms in total. The Bertz CT molecular complexity index is 740. The molecule has 1 aromatic carbocycles. The first kappa shape index (κ1) is 15.8. The van der Waals surface area contributed by atoms with E-state index in [1.807, 2.05) is 31.2 Å². The number of aliphatic imine (C=N–C) groups is 1. The topological polar surface area (TPSA) is 58.5 Å². The third-order valence-electron chi connectivity index (χ3n) is 3.81. The van der Waals surface area contributed by atoms with E-state index in [9.17, 15) is 0 Å². The van der Waals surface area contributed by atoms with E-state index in [4.69, 9.17) is 16.3 Å². The summed E-state index contributed by atoms with van der Waals surface area (Å²) in [5.41, 5.74) is 4.77. The number of aromatic nitrogens is 1. The van der Waals surface area contributed by atoms with E-state index in [2.05, 4.69) is 27.5 Å². The summed E-state index contributed by atoms with van der Waals surface area (Å²) in [6, 6.07) is 7.96. The molecule has 1 aliphatic rings. The van der Waals surface area contributed by atoms with Gasteiger partial charge in [-0.05, 0) is 36.8 Å². The van der Waals surface area contributed by atoms with Crippen LogP contribution in [0.2, 0.25) is 5.15 Å². The molecule has 0 bridgehead atoms. The van der Waals surface area contributed by atoms with Gasteiger partial charge in [0.2, 0.25) is 0 Å². The minimum Gasteiger partial charge on any atom is -0.355 e. The van der Waals surface area contributed by atoms with Crippen molar-refractivity contribution in [2.75, 3.05) is 17.7 Å². The molecule has 0 amide bonds. The lowest BCUT2D eigenvalue weighted by molar-refractivity contribution is 0.111. The lowest BCUT2D eigenvalue weighted by Crippen LogP contribution is -2.20. The number of anilines is 3. The first-order chi connectivity index (χ1) is 11.1. The second-order valence-electron chi connectivity index (χ2n) is 5.36. The van der Waals surface area contributed by atoms with Crippen LogP contribution in [0.1, 0.15) is 30.7 Å². The highest BCUT2D eigenvalue weighted by atomic mass is 35.5. The Morgan fingerprint density at radius 3 is 2.87 bits per heavy atom. The van der Waals surface area contributed by atoms with E-state index in [1.54, 1.807) is 13.3 Å². The van der Waals surface area contributed by atoms with Crippen molar-refractivity contribution in [3.8, 4) is 0 Å². The first-order valence-electron chi connectivity index (χ1n) is 7.51. The van der Waals surface area contributed by atoms with Gasteiger partial charge >= 0.3 is 0 Å². The van der Waals surface area contributed by atoms with Crippen LogP contribution in [-0.2, 0) is 4.74 Å². The molecule has 2 N–H and O–H groups in total. The van der Waals surface area contributed by atoms with Gasteiger partial charge in [0.1, 0.15) is 5.84 Å². The van der Waals surface area contributed by atoms with Gasteiger partial charge in [0.25, 0.3) is 0 Å². The molecule has 3 rings (SSSR count). The number of halogens is 1. The molecule has 0 aliphatic carbocycles. The zero-order chi connectivity index (χ0) is 16.4. The van der Waals surface area contributed by atoms with Gasteiger partial charge in [-0.25, -0.2) is 9.98 Å². The zero-order valence-corrected chi connectivity index (χ0v) is 14.1. The number of benzene rings is 1. The largest absolute Gasteiger partial charge is 0.355 e. The van der Waals surface area contributed by atoms with E-state index < -0.39 is 0 Å². The van der Waals surface area contributed by atoms with Gasteiger partial charge in [0.05, 0.1) is 5.69 Å². The highest BCUT2D eigenvalue weighted by molar-refractivity contribution is 6.32. The minimum absolute atomic E-state index is 0.298. The van der Waals surface area contributed by atoms with Crippen LogP contribution in [0.5, 0.6) is 0 Å². The maximum Gasteiger partial charge on any atom is 0.177 e. The third kappa shape index (κ3) is 3.16. The van der Waals surface area contributed by atoms with Crippen molar-refractivity contribution in [1.29, 1.82) is 0 Å². The van der Waals surface area contributed by atoms with Crippen molar-refractivity contribution in [2.45, 2.75) is 26.5 Å². The number of nitrogens with zero attached hydrogens (tertiary/aromatic N) is 2. The molecule has 2 heterocycles. The fourth-order valence-electron chi connectivity index (χ4n) is 2.54. The zero-order valence-electron chi connectivity index (χ0n) is 13.4. The maximum atomic E-state index is 6.18. The number of amidine groups is 1. The number of hydrogen-bond donors (Lipinski definition) is 2. The molecule has 0 saturated carbocycles. The van der Waals surface area contributed by atoms with Crippen LogP contribution in [0, 0.1) is 6.92 Å². The van der Waals surface area contributed by atoms with E-state index in [0.29, 0.717) is 5.15 Å². The van der Waals surface area contributed by atoms with Crippen LogP contribution in [0.25, 0.3) is 0 Å². The number of ether oxygens (including phenoxy) is 1. The van der Waals surface area contributed by atoms with Crippen LogP contribution in [0.15, 0.2) is 35.5 Å². The number of rotatable bonds is 4. The molecule has 0 fully saturated rings. The SMILES string of the molecule is CCC1=NC(OC)c2cc(Nc3c(C)ccnc3Cl)ccc2N1. The quantitative estimate of drug-likeness (QED) is 0.800. The number of methoxy groups -OCH3 is 1. The van der Waals surface area contributed by atoms with Gasteiger partial charge in [-0.2, -0.15) is 0 Å². The summed E-state index contributed by atoms with van der Waals surface area (Å²) in [6.07, 6.45) is 2.24. The molecule has 1 atom stereocenters. The van der Waals surface area contributed by atoms with Crippen molar-refractivity contribution in [3.05, 3.63) is 46.7 Å². The molecule has 6 heteroatoms. The van der Waals surface area contributed by atoms with Gasteiger partial charge in [-0.3, -0.25) is 0 Å². The Morgan fingerprint density at radius 2 is 2.17 bits per heavy atom. The molecule has 23 heavy (non-hydrogen) atoms. The number of pyridine rings is 1. The second kappa shape index (κ2) is 6.56. The summed E-state index contributed by atoms with van der Waals surface area (Å²) in [4.78, 5) is 8.68. The monoisotopic (exact) mass is 330 g/mol. The fraction of sp³-hybridized carbons (Fsp3) is 0.294. The van der Waals surface area contributed by atoms with Crippen LogP contribution < -0.4 is 10.6 Å². The Kier molecular flexibility index (Phi) is 4.50. The Balaban J connectivity index is 1.94. The maximum absolute atomic E-state index is 6.18. The lowest BCUT2D eigenvalue weighted by atomic mass is 10.1. The molecule has 2 aromatic rings. The van der Waals surface area contributed by atoms with Crippen molar-refractivity contribution >= 4 is 34.5 Å². The summed E-state index contributed by atoms with van der Waals surface area (Å²) in [5.74, 6) is 0.927. The van der Waals surface area contributed by atoms with Gasteiger partial charge in [-0.1, -0.05) is 18.5 Å². The van der Waals surface area contributed by atoms with Crippen molar-refractivity contribution in [2.24, 2.45) is 4.99 Å². The standard InChI is InChI=1S/C17H19ClN4O/c1-4-14-21-13-6-5-11(9-12(13)17(22-14)23-3)20-15-10(2)7-8-19-16(15)18/h5-9,17,20H,4H2,1-3H3,(H,21,22). The molecule has 0 saturated heterocycles. The fourth-order valence-corrected chi connectivity index (χ4v) is 2.79. The summed E-state index contributed by atoms with van der Waals surface area (Å²) in [6.45, 7) is 4.05. The van der Waals surface area contributed by atoms with Gasteiger partial charge in [0.15, 0.2) is 11.4 Å². The number of hydrogen-bond acceptors (Lipinski definition) is 5. The lowest BCUT2D eigenvalue weighted by Gasteiger charge is -2.25. The van der Waals surface area contributed by atoms with Gasteiger partial charge in [0, 0.05) is 36.7 Å². The summed E-state index contributed by atoms with van der Waals surface area (Å²) >= 11 is 6.18. The normalized spacial score (nSPS) is 16.3. The first-order valence-corrected chi connectivity index (χ1v) is 7.88. The van der Waals surface area contributed by atoms with Crippen LogP contribution >= 0.6 is 11.6 Å². The van der Waals surface area contributed by atoms with E-state index in [1.165, 1.54) is 0 Å². The minimum atomic E-state index is -0.298. The molecule has 0 radical (unpaired) electrons. The van der Waals surface area contributed by atoms with Gasteiger partial charge in [-0.15, -0.1) is 0 Å². The van der Waals surface area contributed by atoms with Crippen molar-refractivity contribution < 1.29 is 4.74 Å². The average molecular weight is 331 g/mol. The van der Waals surface area contributed by atoms with E-state index in [-0.39, 0.29) is 6.23 Å². The number of aryl methyl sites for hydroxylation is 1. The molecule has 1 unspecified atom stereocenters. The highest BCUT2D eigenvalue weighted by Gasteiger charge is 2.21. The molecule has 1 aliphatic heterocycles. The Morgan fingerprint density at radius 1 is 1.35 bits per heavy atom. The van der Waals surface area contributed by atoms with Crippen molar-refractivity contribution in [3.63, 3.8) is 0 Å². The van der Waals surface area contributed by atoms with Gasteiger partial charge < -0.3 is 15.4 Å². The smallest absolute Gasteiger partial charge is 0.177 e. The summed E-state index contributed by atoms with van der Waals surface area (Å²) in [5, 5.41) is 7.12. The highest BCUT2D eigenvalue weighted by Crippen LogP contribution is 2.35. The second-order valence-corrected chi connectivity index (χ2v) is 5.72. The molecule has 0 spiro atoms. The predicted molar refractivity (Wildman–Crippen MR) is 94.8 cm³/mol. The molecular formula is C17H19ClN4O. The Labute approximate surface area is 140 Å². The van der Waals surface area contributed by atoms with Crippen molar-refractivity contribution in [1.82, 2.24) is 4.98 Å². The number of fused-ring (bicyclic) bond motifs is 1. The van der Waals surface area contributed by atoms with Crippen LogP contribution in [0.4, 0.5) is 17.1 Å².